The first kappa shape index (κ1) is 21.4. The number of para-hydroxylation sites is 1. The number of hydrogen-bond acceptors (Lipinski definition) is 4. The van der Waals surface area contributed by atoms with Gasteiger partial charge < -0.3 is 15.5 Å². The Morgan fingerprint density at radius 1 is 0.966 bits per heavy atom. The highest BCUT2D eigenvalue weighted by Gasteiger charge is 2.18. The van der Waals surface area contributed by atoms with Crippen LogP contribution >= 0.6 is 35.6 Å². The molecule has 3 aromatic rings. The SMILES string of the molecule is I.NC(=NCc1ncnn1-c1ccccc1)N1CCN(c2ccc(Cl)cc2)CC1. The van der Waals surface area contributed by atoms with Gasteiger partial charge in [0.1, 0.15) is 12.9 Å². The van der Waals surface area contributed by atoms with Crippen LogP contribution in [0.2, 0.25) is 5.02 Å². The Morgan fingerprint density at radius 3 is 2.34 bits per heavy atom. The standard InChI is InChI=1S/C20H22ClN7.HI/c21-16-6-8-17(9-7-16)26-10-12-27(13-11-26)20(22)23-14-19-24-15-25-28(19)18-4-2-1-3-5-18;/h1-9,15H,10-14H2,(H2,22,23);1H. The van der Waals surface area contributed by atoms with Gasteiger partial charge in [0.05, 0.1) is 5.69 Å². The summed E-state index contributed by atoms with van der Waals surface area (Å²) >= 11 is 5.97. The first-order chi connectivity index (χ1) is 13.7. The van der Waals surface area contributed by atoms with Crippen molar-refractivity contribution >= 4 is 47.2 Å². The Balaban J connectivity index is 0.00000240. The zero-order chi connectivity index (χ0) is 19.3. The summed E-state index contributed by atoms with van der Waals surface area (Å²) in [6, 6.07) is 17.8. The molecule has 1 aromatic heterocycles. The number of piperazine rings is 1. The van der Waals surface area contributed by atoms with E-state index in [0.29, 0.717) is 12.5 Å². The summed E-state index contributed by atoms with van der Waals surface area (Å²) in [6.07, 6.45) is 1.54. The van der Waals surface area contributed by atoms with E-state index in [2.05, 4.69) is 24.9 Å². The van der Waals surface area contributed by atoms with E-state index in [4.69, 9.17) is 17.3 Å². The van der Waals surface area contributed by atoms with Crippen LogP contribution in [0, 0.1) is 0 Å². The molecule has 9 heteroatoms. The van der Waals surface area contributed by atoms with Crippen molar-refractivity contribution in [2.45, 2.75) is 6.54 Å². The van der Waals surface area contributed by atoms with Crippen LogP contribution in [0.15, 0.2) is 65.9 Å². The number of anilines is 1. The van der Waals surface area contributed by atoms with Gasteiger partial charge in [-0.3, -0.25) is 0 Å². The van der Waals surface area contributed by atoms with Gasteiger partial charge in [-0.1, -0.05) is 29.8 Å². The number of nitrogens with zero attached hydrogens (tertiary/aromatic N) is 6. The Bertz CT molecular complexity index is 935. The Labute approximate surface area is 192 Å². The maximum absolute atomic E-state index is 6.24. The fraction of sp³-hybridized carbons (Fsp3) is 0.250. The second kappa shape index (κ2) is 9.93. The lowest BCUT2D eigenvalue weighted by Crippen LogP contribution is -2.51. The van der Waals surface area contributed by atoms with Crippen LogP contribution in [0.1, 0.15) is 5.82 Å². The number of hydrogen-bond donors (Lipinski definition) is 1. The molecule has 2 heterocycles. The van der Waals surface area contributed by atoms with Crippen molar-refractivity contribution in [1.82, 2.24) is 19.7 Å². The van der Waals surface area contributed by atoms with Gasteiger partial charge >= 0.3 is 0 Å². The normalized spacial score (nSPS) is 14.6. The number of aliphatic imine (C=N–C) groups is 1. The first-order valence-electron chi connectivity index (χ1n) is 9.20. The van der Waals surface area contributed by atoms with Gasteiger partial charge in [0.2, 0.25) is 0 Å². The largest absolute Gasteiger partial charge is 0.370 e. The van der Waals surface area contributed by atoms with Gasteiger partial charge in [-0.05, 0) is 36.4 Å². The lowest BCUT2D eigenvalue weighted by molar-refractivity contribution is 0.380. The minimum Gasteiger partial charge on any atom is -0.370 e. The molecule has 1 fully saturated rings. The van der Waals surface area contributed by atoms with Crippen molar-refractivity contribution in [2.75, 3.05) is 31.1 Å². The highest BCUT2D eigenvalue weighted by molar-refractivity contribution is 14.0. The Kier molecular flexibility index (Phi) is 7.32. The summed E-state index contributed by atoms with van der Waals surface area (Å²) in [5.41, 5.74) is 8.38. The molecule has 0 amide bonds. The van der Waals surface area contributed by atoms with Crippen molar-refractivity contribution in [3.8, 4) is 5.69 Å². The van der Waals surface area contributed by atoms with Crippen LogP contribution in [0.4, 0.5) is 5.69 Å². The minimum absolute atomic E-state index is 0. The number of benzene rings is 2. The molecule has 4 rings (SSSR count). The predicted molar refractivity (Wildman–Crippen MR) is 127 cm³/mol. The molecular formula is C20H23ClIN7. The van der Waals surface area contributed by atoms with E-state index in [1.54, 1.807) is 11.0 Å². The van der Waals surface area contributed by atoms with E-state index in [-0.39, 0.29) is 24.0 Å². The van der Waals surface area contributed by atoms with Gasteiger partial charge in [-0.2, -0.15) is 5.10 Å². The third-order valence-corrected chi connectivity index (χ3v) is 5.05. The van der Waals surface area contributed by atoms with E-state index in [0.717, 1.165) is 42.7 Å². The molecule has 0 radical (unpaired) electrons. The van der Waals surface area contributed by atoms with Crippen LogP contribution in [0.25, 0.3) is 5.69 Å². The second-order valence-corrected chi connectivity index (χ2v) is 6.98. The highest BCUT2D eigenvalue weighted by atomic mass is 127. The number of aromatic nitrogens is 3. The molecule has 2 N–H and O–H groups in total. The fourth-order valence-electron chi connectivity index (χ4n) is 3.26. The summed E-state index contributed by atoms with van der Waals surface area (Å²) in [4.78, 5) is 13.3. The predicted octanol–water partition coefficient (Wildman–Crippen LogP) is 3.18. The second-order valence-electron chi connectivity index (χ2n) is 6.55. The number of nitrogens with two attached hydrogens (primary N) is 1. The Hall–Kier alpha value is -2.33. The van der Waals surface area contributed by atoms with Crippen LogP contribution < -0.4 is 10.6 Å². The average Bonchev–Trinajstić information content (AvgIpc) is 3.22. The molecule has 29 heavy (non-hydrogen) atoms. The smallest absolute Gasteiger partial charge is 0.191 e. The minimum atomic E-state index is 0. The molecule has 0 aliphatic carbocycles. The zero-order valence-corrected chi connectivity index (χ0v) is 18.9. The van der Waals surface area contributed by atoms with E-state index in [9.17, 15) is 0 Å². The highest BCUT2D eigenvalue weighted by Crippen LogP contribution is 2.19. The fourth-order valence-corrected chi connectivity index (χ4v) is 3.38. The van der Waals surface area contributed by atoms with E-state index < -0.39 is 0 Å². The van der Waals surface area contributed by atoms with Crippen LogP contribution in [-0.2, 0) is 6.54 Å². The molecule has 2 aromatic carbocycles. The molecule has 0 spiro atoms. The molecule has 1 saturated heterocycles. The lowest BCUT2D eigenvalue weighted by Gasteiger charge is -2.36. The van der Waals surface area contributed by atoms with Gasteiger partial charge in [-0.15, -0.1) is 24.0 Å². The van der Waals surface area contributed by atoms with Crippen LogP contribution in [-0.4, -0.2) is 51.8 Å². The summed E-state index contributed by atoms with van der Waals surface area (Å²) in [6.45, 7) is 3.81. The molecule has 0 bridgehead atoms. The monoisotopic (exact) mass is 523 g/mol. The zero-order valence-electron chi connectivity index (χ0n) is 15.9. The molecule has 1 aliphatic rings. The van der Waals surface area contributed by atoms with E-state index in [1.165, 1.54) is 5.69 Å². The van der Waals surface area contributed by atoms with E-state index >= 15 is 0 Å². The van der Waals surface area contributed by atoms with Crippen molar-refractivity contribution in [3.63, 3.8) is 0 Å². The van der Waals surface area contributed by atoms with Gasteiger partial charge in [0, 0.05) is 36.9 Å². The molecule has 0 unspecified atom stereocenters. The summed E-state index contributed by atoms with van der Waals surface area (Å²) in [5.74, 6) is 1.30. The van der Waals surface area contributed by atoms with Crippen LogP contribution in [0.5, 0.6) is 0 Å². The number of rotatable bonds is 4. The molecule has 1 aliphatic heterocycles. The molecular weight excluding hydrogens is 501 g/mol. The molecule has 7 nitrogen and oxygen atoms in total. The maximum atomic E-state index is 6.24. The summed E-state index contributed by atoms with van der Waals surface area (Å²) in [7, 11) is 0. The van der Waals surface area contributed by atoms with Crippen LogP contribution in [0.3, 0.4) is 0 Å². The number of halogens is 2. The molecule has 152 valence electrons. The molecule has 0 saturated carbocycles. The third-order valence-electron chi connectivity index (χ3n) is 4.80. The quantitative estimate of drug-likeness (QED) is 0.323. The van der Waals surface area contributed by atoms with E-state index in [1.807, 2.05) is 54.6 Å². The summed E-state index contributed by atoms with van der Waals surface area (Å²) < 4.78 is 1.79. The van der Waals surface area contributed by atoms with Crippen molar-refractivity contribution in [3.05, 3.63) is 71.8 Å². The number of guanidine groups is 1. The lowest BCUT2D eigenvalue weighted by atomic mass is 10.2. The Morgan fingerprint density at radius 2 is 1.66 bits per heavy atom. The molecule has 0 atom stereocenters. The maximum Gasteiger partial charge on any atom is 0.191 e. The van der Waals surface area contributed by atoms with Gasteiger partial charge in [-0.25, -0.2) is 14.7 Å². The van der Waals surface area contributed by atoms with Crippen molar-refractivity contribution in [1.29, 1.82) is 0 Å². The van der Waals surface area contributed by atoms with Crippen molar-refractivity contribution in [2.24, 2.45) is 10.7 Å². The topological polar surface area (TPSA) is 75.6 Å². The van der Waals surface area contributed by atoms with Crippen molar-refractivity contribution < 1.29 is 0 Å². The van der Waals surface area contributed by atoms with Gasteiger partial charge in [0.25, 0.3) is 0 Å². The summed E-state index contributed by atoms with van der Waals surface area (Å²) in [5, 5.41) is 5.04. The average molecular weight is 524 g/mol. The first-order valence-corrected chi connectivity index (χ1v) is 9.58. The third kappa shape index (κ3) is 5.18. The van der Waals surface area contributed by atoms with Gasteiger partial charge in [0.15, 0.2) is 11.8 Å².